The van der Waals surface area contributed by atoms with Crippen LogP contribution in [0.5, 0.6) is 0 Å². The summed E-state index contributed by atoms with van der Waals surface area (Å²) in [5, 5.41) is 6.57. The van der Waals surface area contributed by atoms with Gasteiger partial charge in [0.2, 0.25) is 11.8 Å². The predicted molar refractivity (Wildman–Crippen MR) is 137 cm³/mol. The minimum Gasteiger partial charge on any atom is -0.356 e. The quantitative estimate of drug-likeness (QED) is 0.523. The molecule has 1 fully saturated rings. The maximum atomic E-state index is 13.1. The van der Waals surface area contributed by atoms with Gasteiger partial charge in [-0.25, -0.2) is 4.98 Å². The van der Waals surface area contributed by atoms with Gasteiger partial charge in [-0.2, -0.15) is 4.98 Å². The summed E-state index contributed by atoms with van der Waals surface area (Å²) in [6.07, 6.45) is 7.30. The molecule has 3 heterocycles. The van der Waals surface area contributed by atoms with Crippen molar-refractivity contribution in [3.8, 4) is 0 Å². The van der Waals surface area contributed by atoms with Gasteiger partial charge in [0.05, 0.1) is 5.92 Å². The van der Waals surface area contributed by atoms with E-state index in [1.54, 1.807) is 0 Å². The van der Waals surface area contributed by atoms with Crippen molar-refractivity contribution < 1.29 is 9.59 Å². The van der Waals surface area contributed by atoms with Crippen molar-refractivity contribution in [2.75, 3.05) is 29.9 Å². The van der Waals surface area contributed by atoms with Crippen molar-refractivity contribution in [2.45, 2.75) is 52.0 Å². The van der Waals surface area contributed by atoms with Crippen LogP contribution in [-0.2, 0) is 29.0 Å². The number of carbonyl (C=O) groups excluding carboxylic acids is 2. The van der Waals surface area contributed by atoms with Crippen LogP contribution in [0.15, 0.2) is 29.3 Å². The van der Waals surface area contributed by atoms with Crippen molar-refractivity contribution in [1.29, 1.82) is 0 Å². The van der Waals surface area contributed by atoms with Gasteiger partial charge in [0, 0.05) is 25.3 Å². The topological polar surface area (TPSA) is 109 Å². The lowest BCUT2D eigenvalue weighted by Gasteiger charge is -2.31. The lowest BCUT2D eigenvalue weighted by Crippen LogP contribution is -2.43. The molecule has 9 nitrogen and oxygen atoms in total. The van der Waals surface area contributed by atoms with Gasteiger partial charge >= 0.3 is 0 Å². The molecule has 0 saturated carbocycles. The van der Waals surface area contributed by atoms with Crippen LogP contribution in [0.1, 0.15) is 43.7 Å². The number of anilines is 2. The number of aromatic nitrogens is 3. The van der Waals surface area contributed by atoms with Crippen LogP contribution in [0.25, 0.3) is 10.3 Å². The Hall–Kier alpha value is -3.27. The zero-order valence-electron chi connectivity index (χ0n) is 19.9. The van der Waals surface area contributed by atoms with Gasteiger partial charge < -0.3 is 15.5 Å². The summed E-state index contributed by atoms with van der Waals surface area (Å²) >= 11 is 1.28. The normalized spacial score (nSPS) is 17.4. The molecule has 1 aromatic carbocycles. The maximum Gasteiger partial charge on any atom is 0.273 e. The molecule has 5 rings (SSSR count). The SMILES string of the molecule is CCCNC(=O)[C@H]1CCCN(c2nc3ncn(CC(=O)Nc4ccc5c(c4)CCC5)c(=O)c3s2)C1. The molecule has 2 aromatic heterocycles. The molecule has 3 aromatic rings. The largest absolute Gasteiger partial charge is 0.356 e. The highest BCUT2D eigenvalue weighted by atomic mass is 32.1. The van der Waals surface area contributed by atoms with E-state index in [2.05, 4.69) is 31.6 Å². The molecule has 0 bridgehead atoms. The number of carbonyl (C=O) groups is 2. The molecular formula is C25H30N6O3S. The number of fused-ring (bicyclic) bond motifs is 2. The Kier molecular flexibility index (Phi) is 6.81. The summed E-state index contributed by atoms with van der Waals surface area (Å²) in [5.41, 5.74) is 3.47. The fraction of sp³-hybridized carbons (Fsp3) is 0.480. The van der Waals surface area contributed by atoms with E-state index in [1.165, 1.54) is 33.4 Å². The molecule has 1 aliphatic carbocycles. The molecule has 2 N–H and O–H groups in total. The Labute approximate surface area is 207 Å². The zero-order chi connectivity index (χ0) is 24.4. The molecule has 1 atom stereocenters. The van der Waals surface area contributed by atoms with Gasteiger partial charge in [0.15, 0.2) is 10.8 Å². The van der Waals surface area contributed by atoms with Crippen LogP contribution >= 0.6 is 11.3 Å². The average molecular weight is 495 g/mol. The molecule has 35 heavy (non-hydrogen) atoms. The van der Waals surface area contributed by atoms with E-state index in [9.17, 15) is 14.4 Å². The number of hydrogen-bond acceptors (Lipinski definition) is 7. The highest BCUT2D eigenvalue weighted by Gasteiger charge is 2.28. The van der Waals surface area contributed by atoms with E-state index in [-0.39, 0.29) is 29.8 Å². The second-order valence-electron chi connectivity index (χ2n) is 9.29. The molecule has 184 valence electrons. The van der Waals surface area contributed by atoms with Crippen LogP contribution in [0, 0.1) is 5.92 Å². The van der Waals surface area contributed by atoms with Gasteiger partial charge in [-0.05, 0) is 61.8 Å². The van der Waals surface area contributed by atoms with E-state index in [0.29, 0.717) is 28.6 Å². The Bertz CT molecular complexity index is 1320. The van der Waals surface area contributed by atoms with E-state index in [0.717, 1.165) is 50.8 Å². The first-order chi connectivity index (χ1) is 17.0. The number of amides is 2. The van der Waals surface area contributed by atoms with E-state index in [1.807, 2.05) is 19.1 Å². The molecule has 0 unspecified atom stereocenters. The number of nitrogens with one attached hydrogen (secondary N) is 2. The van der Waals surface area contributed by atoms with Crippen molar-refractivity contribution in [3.63, 3.8) is 0 Å². The molecule has 10 heteroatoms. The van der Waals surface area contributed by atoms with E-state index >= 15 is 0 Å². The third kappa shape index (κ3) is 5.07. The molecule has 0 radical (unpaired) electrons. The number of aryl methyl sites for hydroxylation is 2. The van der Waals surface area contributed by atoms with E-state index < -0.39 is 0 Å². The molecule has 2 aliphatic rings. The van der Waals surface area contributed by atoms with Gasteiger partial charge in [-0.3, -0.25) is 19.0 Å². The summed E-state index contributed by atoms with van der Waals surface area (Å²) < 4.78 is 1.75. The first-order valence-electron chi connectivity index (χ1n) is 12.3. The Balaban J connectivity index is 1.28. The van der Waals surface area contributed by atoms with Crippen LogP contribution in [-0.4, -0.2) is 46.0 Å². The minimum atomic E-state index is -0.280. The third-order valence-electron chi connectivity index (χ3n) is 6.68. The Morgan fingerprint density at radius 1 is 1.20 bits per heavy atom. The Morgan fingerprint density at radius 2 is 2.06 bits per heavy atom. The minimum absolute atomic E-state index is 0.0764. The highest BCUT2D eigenvalue weighted by molar-refractivity contribution is 7.22. The zero-order valence-corrected chi connectivity index (χ0v) is 20.7. The monoisotopic (exact) mass is 494 g/mol. The number of rotatable bonds is 7. The second-order valence-corrected chi connectivity index (χ2v) is 10.3. The lowest BCUT2D eigenvalue weighted by molar-refractivity contribution is -0.125. The molecule has 1 aliphatic heterocycles. The number of thiazole rings is 1. The fourth-order valence-electron chi connectivity index (χ4n) is 4.85. The average Bonchev–Trinajstić information content (AvgIpc) is 3.51. The summed E-state index contributed by atoms with van der Waals surface area (Å²) in [6, 6.07) is 6.00. The lowest BCUT2D eigenvalue weighted by atomic mass is 9.97. The van der Waals surface area contributed by atoms with Gasteiger partial charge in [-0.15, -0.1) is 0 Å². The Morgan fingerprint density at radius 3 is 2.91 bits per heavy atom. The predicted octanol–water partition coefficient (Wildman–Crippen LogP) is 2.72. The third-order valence-corrected chi connectivity index (χ3v) is 7.77. The summed E-state index contributed by atoms with van der Waals surface area (Å²) in [7, 11) is 0. The standard InChI is InChI=1S/C25H30N6O3S/c1-2-10-26-23(33)18-7-4-11-30(13-18)25-29-22-21(35-25)24(34)31(15-27-22)14-20(32)28-19-9-8-16-5-3-6-17(16)12-19/h8-9,12,15,18H,2-7,10-11,13-14H2,1H3,(H,26,33)(H,28,32)/t18-/m0/s1. The van der Waals surface area contributed by atoms with Crippen LogP contribution in [0.4, 0.5) is 10.8 Å². The molecular weight excluding hydrogens is 464 g/mol. The smallest absolute Gasteiger partial charge is 0.273 e. The molecule has 0 spiro atoms. The van der Waals surface area contributed by atoms with Crippen LogP contribution in [0.3, 0.4) is 0 Å². The maximum absolute atomic E-state index is 13.1. The summed E-state index contributed by atoms with van der Waals surface area (Å²) in [6.45, 7) is 3.96. The highest BCUT2D eigenvalue weighted by Crippen LogP contribution is 2.29. The fourth-order valence-corrected chi connectivity index (χ4v) is 5.85. The first kappa shape index (κ1) is 23.5. The molecule has 2 amide bonds. The van der Waals surface area contributed by atoms with E-state index in [4.69, 9.17) is 0 Å². The van der Waals surface area contributed by atoms with Crippen molar-refractivity contribution >= 4 is 44.3 Å². The molecule has 1 saturated heterocycles. The van der Waals surface area contributed by atoms with Crippen molar-refractivity contribution in [1.82, 2.24) is 19.9 Å². The number of benzene rings is 1. The number of nitrogens with zero attached hydrogens (tertiary/aromatic N) is 4. The van der Waals surface area contributed by atoms with Crippen molar-refractivity contribution in [2.24, 2.45) is 5.92 Å². The summed E-state index contributed by atoms with van der Waals surface area (Å²) in [4.78, 5) is 49.1. The number of piperidine rings is 1. The summed E-state index contributed by atoms with van der Waals surface area (Å²) in [5.74, 6) is -0.282. The van der Waals surface area contributed by atoms with Crippen LogP contribution < -0.4 is 21.1 Å². The van der Waals surface area contributed by atoms with Gasteiger partial charge in [0.25, 0.3) is 5.56 Å². The van der Waals surface area contributed by atoms with Gasteiger partial charge in [0.1, 0.15) is 17.6 Å². The van der Waals surface area contributed by atoms with Crippen molar-refractivity contribution in [3.05, 3.63) is 46.0 Å². The first-order valence-corrected chi connectivity index (χ1v) is 13.1. The second kappa shape index (κ2) is 10.2. The number of hydrogen-bond donors (Lipinski definition) is 2. The van der Waals surface area contributed by atoms with Crippen LogP contribution in [0.2, 0.25) is 0 Å². The van der Waals surface area contributed by atoms with Gasteiger partial charge in [-0.1, -0.05) is 24.3 Å².